The van der Waals surface area contributed by atoms with Crippen molar-refractivity contribution in [3.63, 3.8) is 0 Å². The molecule has 0 heterocycles. The van der Waals surface area contributed by atoms with Gasteiger partial charge in [-0.15, -0.1) is 0 Å². The zero-order valence-electron chi connectivity index (χ0n) is 41.0. The van der Waals surface area contributed by atoms with E-state index >= 15 is 0 Å². The fourth-order valence-corrected chi connectivity index (χ4v) is 8.09. The van der Waals surface area contributed by atoms with Crippen LogP contribution in [-0.2, 0) is 41.8 Å². The number of esters is 2. The van der Waals surface area contributed by atoms with Gasteiger partial charge >= 0.3 is 27.6 Å². The van der Waals surface area contributed by atoms with Crippen molar-refractivity contribution in [1.29, 1.82) is 0 Å². The molecule has 17 nitrogen and oxygen atoms in total. The summed E-state index contributed by atoms with van der Waals surface area (Å²) in [6.07, 6.45) is 35.1. The summed E-state index contributed by atoms with van der Waals surface area (Å²) in [4.78, 5) is 54.3. The lowest BCUT2D eigenvalue weighted by atomic mass is 9.85. The molecule has 8 N–H and O–H groups in total. The Bertz CT molecular complexity index is 1780. The normalized spacial score (nSPS) is 22.4. The molecule has 1 rings (SSSR count). The molecule has 1 saturated carbocycles. The summed E-state index contributed by atoms with van der Waals surface area (Å²) in [5.41, 5.74) is 0. The molecule has 1 aliphatic carbocycles. The highest BCUT2D eigenvalue weighted by atomic mass is 31.2. The third kappa shape index (κ3) is 34.1. The third-order valence-corrected chi connectivity index (χ3v) is 11.9. The van der Waals surface area contributed by atoms with Crippen LogP contribution in [0.1, 0.15) is 136 Å². The van der Waals surface area contributed by atoms with Crippen molar-refractivity contribution in [2.24, 2.45) is 0 Å². The number of hydrogen-bond acceptors (Lipinski definition) is 14. The maximum atomic E-state index is 13.0. The fourth-order valence-electron chi connectivity index (χ4n) is 6.55. The Labute approximate surface area is 415 Å². The number of aliphatic hydroxyl groups is 5. The van der Waals surface area contributed by atoms with Crippen LogP contribution in [0.4, 0.5) is 0 Å². The minimum absolute atomic E-state index is 0.00922. The zero-order chi connectivity index (χ0) is 51.9. The second-order valence-electron chi connectivity index (χ2n) is 16.7. The molecule has 19 heteroatoms. The molecule has 1 aliphatic rings. The maximum Gasteiger partial charge on any atom is 0.472 e. The molecule has 0 amide bonds. The first-order chi connectivity index (χ1) is 33.5. The summed E-state index contributed by atoms with van der Waals surface area (Å²) in [6.45, 7) is 2.86. The van der Waals surface area contributed by atoms with Gasteiger partial charge in [0, 0.05) is 12.8 Å². The van der Waals surface area contributed by atoms with Crippen molar-refractivity contribution in [1.82, 2.24) is 0 Å². The van der Waals surface area contributed by atoms with Gasteiger partial charge in [-0.2, -0.15) is 0 Å². The second kappa shape index (κ2) is 40.1. The molecule has 398 valence electrons. The predicted molar refractivity (Wildman–Crippen MR) is 270 cm³/mol. The smallest absolute Gasteiger partial charge is 0.462 e. The van der Waals surface area contributed by atoms with E-state index in [1.807, 2.05) is 48.6 Å². The Balaban J connectivity index is 2.71. The van der Waals surface area contributed by atoms with Gasteiger partial charge in [-0.25, -0.2) is 9.13 Å². The molecule has 0 radical (unpaired) electrons. The molecule has 0 aromatic carbocycles. The molecular weight excluding hydrogens is 946 g/mol. The highest BCUT2D eigenvalue weighted by molar-refractivity contribution is 7.47. The number of rotatable bonds is 39. The number of allylic oxidation sites excluding steroid dienone is 16. The Kier molecular flexibility index (Phi) is 37.1. The molecular formula is C51H82O17P2. The average Bonchev–Trinajstić information content (AvgIpc) is 3.31. The van der Waals surface area contributed by atoms with Gasteiger partial charge in [0.2, 0.25) is 0 Å². The van der Waals surface area contributed by atoms with E-state index in [2.05, 4.69) is 60.9 Å². The molecule has 0 saturated heterocycles. The average molecular weight is 1030 g/mol. The van der Waals surface area contributed by atoms with Crippen molar-refractivity contribution < 1.29 is 82.0 Å². The number of carbonyl (C=O) groups is 2. The van der Waals surface area contributed by atoms with Crippen LogP contribution in [0.15, 0.2) is 109 Å². The lowest BCUT2D eigenvalue weighted by Crippen LogP contribution is -2.64. The highest BCUT2D eigenvalue weighted by Gasteiger charge is 2.54. The standard InChI is InChI=1S/C51H82O17P2/c1-3-5-7-9-11-12-13-14-15-16-17-18-19-20-21-22-27-31-35-39-45(54)66-43(41-65-70(62,63)68-51-48(57)46(55)47(56)50(49(51)58)67-69(59,60)61)40-64-44(53)38-34-30-26-24-23-25-29-33-37-42(52)36-32-28-10-8-6-4-2/h11-12,14-15,17-18,20-21,24-29,31-33,37,42-43,46-52,55-58H,3-10,13,16,19,22-23,30,34-36,38-41H2,1-2H3,(H,62,63)(H2,59,60,61)/b12-11-,15-14-,18-17-,21-20-,26-24-,29-25-,31-27-,32-28-,37-33+/t42-,43-,46?,47?,48?,49?,50-,51+/m1/s1. The van der Waals surface area contributed by atoms with Gasteiger partial charge in [-0.05, 0) is 83.5 Å². The molecule has 5 unspecified atom stereocenters. The van der Waals surface area contributed by atoms with Crippen molar-refractivity contribution in [2.75, 3.05) is 13.2 Å². The Morgan fingerprint density at radius 3 is 1.56 bits per heavy atom. The summed E-state index contributed by atoms with van der Waals surface area (Å²) in [7, 11) is -10.8. The van der Waals surface area contributed by atoms with Crippen LogP contribution in [0.25, 0.3) is 0 Å². The van der Waals surface area contributed by atoms with Gasteiger partial charge in [0.05, 0.1) is 12.7 Å². The summed E-state index contributed by atoms with van der Waals surface area (Å²) in [5, 5.41) is 51.3. The summed E-state index contributed by atoms with van der Waals surface area (Å²) >= 11 is 0. The summed E-state index contributed by atoms with van der Waals surface area (Å²) in [5.74, 6) is -1.42. The van der Waals surface area contributed by atoms with E-state index in [1.54, 1.807) is 18.2 Å². The van der Waals surface area contributed by atoms with E-state index < -0.39 is 89.6 Å². The SMILES string of the molecule is CCCCC/C=C\C/C=C\C/C=C\C/C=C\C/C=C\CCC(=O)O[C@H](COC(=O)CCC/C=C\C/C=C\C=C\[C@H](O)C/C=C\CCCCC)COP(=O)(O)O[C@H]1C(O)C(O)C(O)[C@@H](OP(=O)(O)O)C1O. The molecule has 0 spiro atoms. The van der Waals surface area contributed by atoms with E-state index in [0.717, 1.165) is 38.5 Å². The Hall–Kier alpha value is -3.38. The number of ether oxygens (including phenoxy) is 2. The van der Waals surface area contributed by atoms with Crippen LogP contribution in [0.2, 0.25) is 0 Å². The number of phosphoric acid groups is 2. The fraction of sp³-hybridized carbons (Fsp3) is 0.608. The van der Waals surface area contributed by atoms with Crippen LogP contribution in [-0.4, -0.2) is 114 Å². The van der Waals surface area contributed by atoms with Gasteiger partial charge in [0.15, 0.2) is 6.10 Å². The first-order valence-electron chi connectivity index (χ1n) is 24.5. The van der Waals surface area contributed by atoms with Crippen LogP contribution >= 0.6 is 15.6 Å². The number of phosphoric ester groups is 2. The second-order valence-corrected chi connectivity index (χ2v) is 19.3. The monoisotopic (exact) mass is 1030 g/mol. The Morgan fingerprint density at radius 2 is 1.01 bits per heavy atom. The molecule has 70 heavy (non-hydrogen) atoms. The molecule has 0 bridgehead atoms. The third-order valence-electron chi connectivity index (χ3n) is 10.4. The minimum atomic E-state index is -5.39. The van der Waals surface area contributed by atoms with E-state index in [-0.39, 0.29) is 19.3 Å². The quantitative estimate of drug-likeness (QED) is 0.00940. The van der Waals surface area contributed by atoms with Gasteiger partial charge in [-0.3, -0.25) is 23.2 Å². The largest absolute Gasteiger partial charge is 0.472 e. The van der Waals surface area contributed by atoms with E-state index in [4.69, 9.17) is 18.5 Å². The van der Waals surface area contributed by atoms with Gasteiger partial charge in [-0.1, -0.05) is 149 Å². The number of hydrogen-bond donors (Lipinski definition) is 8. The van der Waals surface area contributed by atoms with Gasteiger partial charge < -0.3 is 49.7 Å². The molecule has 1 fully saturated rings. The Morgan fingerprint density at radius 1 is 0.529 bits per heavy atom. The summed E-state index contributed by atoms with van der Waals surface area (Å²) in [6, 6.07) is 0. The van der Waals surface area contributed by atoms with Crippen LogP contribution in [0, 0.1) is 0 Å². The van der Waals surface area contributed by atoms with Crippen molar-refractivity contribution >= 4 is 27.6 Å². The first kappa shape index (κ1) is 64.6. The highest BCUT2D eigenvalue weighted by Crippen LogP contribution is 2.49. The van der Waals surface area contributed by atoms with E-state index in [9.17, 15) is 58.9 Å². The predicted octanol–water partition coefficient (Wildman–Crippen LogP) is 8.70. The lowest BCUT2D eigenvalue weighted by molar-refractivity contribution is -0.216. The molecule has 0 aromatic rings. The van der Waals surface area contributed by atoms with Crippen LogP contribution in [0.3, 0.4) is 0 Å². The molecule has 0 aromatic heterocycles. The van der Waals surface area contributed by atoms with Crippen molar-refractivity contribution in [3.05, 3.63) is 109 Å². The minimum Gasteiger partial charge on any atom is -0.462 e. The van der Waals surface area contributed by atoms with E-state index in [1.165, 1.54) is 32.1 Å². The first-order valence-corrected chi connectivity index (χ1v) is 27.6. The molecule has 0 aliphatic heterocycles. The maximum absolute atomic E-state index is 13.0. The molecule has 9 atom stereocenters. The van der Waals surface area contributed by atoms with Crippen molar-refractivity contribution in [2.45, 2.75) is 185 Å². The van der Waals surface area contributed by atoms with Crippen LogP contribution in [0.5, 0.6) is 0 Å². The van der Waals surface area contributed by atoms with Gasteiger partial charge in [0.25, 0.3) is 0 Å². The van der Waals surface area contributed by atoms with E-state index in [0.29, 0.717) is 32.1 Å². The van der Waals surface area contributed by atoms with Crippen LogP contribution < -0.4 is 0 Å². The number of unbranched alkanes of at least 4 members (excludes halogenated alkanes) is 7. The van der Waals surface area contributed by atoms with Gasteiger partial charge in [0.1, 0.15) is 43.2 Å². The lowest BCUT2D eigenvalue weighted by Gasteiger charge is -2.43. The number of carbonyl (C=O) groups excluding carboxylic acids is 2. The summed E-state index contributed by atoms with van der Waals surface area (Å²) < 4.78 is 49.2. The number of aliphatic hydroxyl groups excluding tert-OH is 5. The van der Waals surface area contributed by atoms with Crippen molar-refractivity contribution in [3.8, 4) is 0 Å². The zero-order valence-corrected chi connectivity index (χ0v) is 42.8. The topological polar surface area (TPSA) is 276 Å².